The number of hydrogen-bond donors (Lipinski definition) is 2. The van der Waals surface area contributed by atoms with Gasteiger partial charge in [-0.1, -0.05) is 35.9 Å². The summed E-state index contributed by atoms with van der Waals surface area (Å²) in [6.07, 6.45) is 2.11. The Balaban J connectivity index is 2.18. The molecule has 2 aromatic carbocycles. The SMILES string of the molecule is Cc1ccc(C(=O)N/C(=C\c2ccccc2F)C(=O)NCCCN(C)C)cc1. The Morgan fingerprint density at radius 2 is 1.75 bits per heavy atom. The molecule has 0 atom stereocenters. The van der Waals surface area contributed by atoms with Crippen LogP contribution in [0.25, 0.3) is 6.08 Å². The Kier molecular flexibility index (Phi) is 7.89. The number of nitrogens with one attached hydrogen (secondary N) is 2. The monoisotopic (exact) mass is 383 g/mol. The first-order valence-electron chi connectivity index (χ1n) is 9.14. The normalized spacial score (nSPS) is 11.4. The minimum absolute atomic E-state index is 0.000489. The molecule has 0 spiro atoms. The van der Waals surface area contributed by atoms with E-state index in [-0.39, 0.29) is 11.3 Å². The van der Waals surface area contributed by atoms with E-state index in [1.807, 2.05) is 38.1 Å². The van der Waals surface area contributed by atoms with Gasteiger partial charge in [-0.25, -0.2) is 4.39 Å². The molecule has 0 aliphatic rings. The highest BCUT2D eigenvalue weighted by atomic mass is 19.1. The smallest absolute Gasteiger partial charge is 0.267 e. The minimum atomic E-state index is -0.468. The summed E-state index contributed by atoms with van der Waals surface area (Å²) in [7, 11) is 3.90. The molecule has 2 amide bonds. The van der Waals surface area contributed by atoms with Crippen LogP contribution in [-0.2, 0) is 4.79 Å². The zero-order chi connectivity index (χ0) is 20.5. The van der Waals surface area contributed by atoms with Crippen LogP contribution in [0.2, 0.25) is 0 Å². The van der Waals surface area contributed by atoms with Crippen LogP contribution in [0.3, 0.4) is 0 Å². The van der Waals surface area contributed by atoms with E-state index in [1.54, 1.807) is 30.3 Å². The van der Waals surface area contributed by atoms with Crippen LogP contribution in [0.1, 0.15) is 27.9 Å². The Morgan fingerprint density at radius 3 is 2.39 bits per heavy atom. The van der Waals surface area contributed by atoms with Crippen molar-refractivity contribution >= 4 is 17.9 Å². The zero-order valence-electron chi connectivity index (χ0n) is 16.5. The van der Waals surface area contributed by atoms with E-state index < -0.39 is 17.6 Å². The van der Waals surface area contributed by atoms with Crippen molar-refractivity contribution in [3.05, 3.63) is 76.7 Å². The topological polar surface area (TPSA) is 61.4 Å². The minimum Gasteiger partial charge on any atom is -0.351 e. The van der Waals surface area contributed by atoms with Crippen molar-refractivity contribution in [2.45, 2.75) is 13.3 Å². The van der Waals surface area contributed by atoms with Crippen LogP contribution >= 0.6 is 0 Å². The van der Waals surface area contributed by atoms with Crippen LogP contribution < -0.4 is 10.6 Å². The van der Waals surface area contributed by atoms with Crippen molar-refractivity contribution in [2.24, 2.45) is 0 Å². The summed E-state index contributed by atoms with van der Waals surface area (Å²) in [5.41, 5.74) is 1.67. The number of carbonyl (C=O) groups is 2. The van der Waals surface area contributed by atoms with Crippen molar-refractivity contribution < 1.29 is 14.0 Å². The molecule has 0 aliphatic carbocycles. The maximum absolute atomic E-state index is 14.0. The van der Waals surface area contributed by atoms with Crippen LogP contribution in [0.15, 0.2) is 54.2 Å². The molecule has 5 nitrogen and oxygen atoms in total. The highest BCUT2D eigenvalue weighted by Crippen LogP contribution is 2.12. The van der Waals surface area contributed by atoms with E-state index in [0.717, 1.165) is 18.5 Å². The molecule has 28 heavy (non-hydrogen) atoms. The van der Waals surface area contributed by atoms with E-state index in [1.165, 1.54) is 12.1 Å². The fourth-order valence-corrected chi connectivity index (χ4v) is 2.50. The first kappa shape index (κ1) is 21.3. The van der Waals surface area contributed by atoms with E-state index in [2.05, 4.69) is 10.6 Å². The van der Waals surface area contributed by atoms with E-state index in [9.17, 15) is 14.0 Å². The number of carbonyl (C=O) groups excluding carboxylic acids is 2. The summed E-state index contributed by atoms with van der Waals surface area (Å²) in [5, 5.41) is 5.38. The average molecular weight is 383 g/mol. The molecule has 2 rings (SSSR count). The maximum atomic E-state index is 14.0. The number of benzene rings is 2. The van der Waals surface area contributed by atoms with Crippen molar-refractivity contribution in [3.8, 4) is 0 Å². The summed E-state index contributed by atoms with van der Waals surface area (Å²) >= 11 is 0. The molecule has 2 N–H and O–H groups in total. The first-order chi connectivity index (χ1) is 13.4. The van der Waals surface area contributed by atoms with Gasteiger partial charge >= 0.3 is 0 Å². The van der Waals surface area contributed by atoms with Gasteiger partial charge in [0.05, 0.1) is 0 Å². The van der Waals surface area contributed by atoms with Crippen molar-refractivity contribution in [1.82, 2.24) is 15.5 Å². The lowest BCUT2D eigenvalue weighted by molar-refractivity contribution is -0.117. The molecule has 0 fully saturated rings. The van der Waals surface area contributed by atoms with Gasteiger partial charge in [0.1, 0.15) is 11.5 Å². The van der Waals surface area contributed by atoms with E-state index in [0.29, 0.717) is 12.1 Å². The third-order valence-corrected chi connectivity index (χ3v) is 4.08. The highest BCUT2D eigenvalue weighted by Gasteiger charge is 2.15. The molecule has 0 saturated carbocycles. The Morgan fingerprint density at radius 1 is 1.07 bits per heavy atom. The molecule has 0 aromatic heterocycles. The molecule has 0 heterocycles. The number of amides is 2. The van der Waals surface area contributed by atoms with Gasteiger partial charge in [0, 0.05) is 17.7 Å². The van der Waals surface area contributed by atoms with Gasteiger partial charge < -0.3 is 15.5 Å². The summed E-state index contributed by atoms with van der Waals surface area (Å²) in [6, 6.07) is 13.1. The number of rotatable bonds is 8. The number of halogens is 1. The summed E-state index contributed by atoms with van der Waals surface area (Å²) in [4.78, 5) is 27.1. The average Bonchev–Trinajstić information content (AvgIpc) is 2.66. The van der Waals surface area contributed by atoms with Crippen LogP contribution in [0, 0.1) is 12.7 Å². The van der Waals surface area contributed by atoms with Crippen LogP contribution in [0.4, 0.5) is 4.39 Å². The molecule has 148 valence electrons. The van der Waals surface area contributed by atoms with Crippen LogP contribution in [-0.4, -0.2) is 43.9 Å². The third kappa shape index (κ3) is 6.63. The quantitative estimate of drug-likeness (QED) is 0.544. The number of aryl methyl sites for hydroxylation is 1. The lowest BCUT2D eigenvalue weighted by Crippen LogP contribution is -2.36. The van der Waals surface area contributed by atoms with Gasteiger partial charge in [-0.05, 0) is 58.3 Å². The fraction of sp³-hybridized carbons (Fsp3) is 0.273. The van der Waals surface area contributed by atoms with Gasteiger partial charge in [-0.2, -0.15) is 0 Å². The van der Waals surface area contributed by atoms with Gasteiger partial charge in [-0.15, -0.1) is 0 Å². The molecule has 0 unspecified atom stereocenters. The first-order valence-corrected chi connectivity index (χ1v) is 9.14. The standard InChI is InChI=1S/C22H26FN3O2/c1-16-9-11-17(12-10-16)21(27)25-20(15-18-7-4-5-8-19(18)23)22(28)24-13-6-14-26(2)3/h4-5,7-12,15H,6,13-14H2,1-3H3,(H,24,28)(H,25,27)/b20-15-. The predicted octanol–water partition coefficient (Wildman–Crippen LogP) is 2.97. The van der Waals surface area contributed by atoms with Gasteiger partial charge in [0.25, 0.3) is 11.8 Å². The predicted molar refractivity (Wildman–Crippen MR) is 109 cm³/mol. The van der Waals surface area contributed by atoms with Gasteiger partial charge in [-0.3, -0.25) is 9.59 Å². The molecule has 0 bridgehead atoms. The second-order valence-electron chi connectivity index (χ2n) is 6.81. The Hall–Kier alpha value is -2.99. The lowest BCUT2D eigenvalue weighted by atomic mass is 10.1. The maximum Gasteiger partial charge on any atom is 0.267 e. The fourth-order valence-electron chi connectivity index (χ4n) is 2.50. The second-order valence-corrected chi connectivity index (χ2v) is 6.81. The highest BCUT2D eigenvalue weighted by molar-refractivity contribution is 6.05. The third-order valence-electron chi connectivity index (χ3n) is 4.08. The van der Waals surface area contributed by atoms with Crippen molar-refractivity contribution in [3.63, 3.8) is 0 Å². The van der Waals surface area contributed by atoms with Gasteiger partial charge in [0.15, 0.2) is 0 Å². The summed E-state index contributed by atoms with van der Waals surface area (Å²) in [5.74, 6) is -1.35. The summed E-state index contributed by atoms with van der Waals surface area (Å²) < 4.78 is 14.0. The largest absolute Gasteiger partial charge is 0.351 e. The number of nitrogens with zero attached hydrogens (tertiary/aromatic N) is 1. The molecular formula is C22H26FN3O2. The molecule has 0 saturated heterocycles. The van der Waals surface area contributed by atoms with Crippen molar-refractivity contribution in [1.29, 1.82) is 0 Å². The van der Waals surface area contributed by atoms with Crippen molar-refractivity contribution in [2.75, 3.05) is 27.2 Å². The summed E-state index contributed by atoms with van der Waals surface area (Å²) in [6.45, 7) is 3.20. The van der Waals surface area contributed by atoms with Crippen LogP contribution in [0.5, 0.6) is 0 Å². The van der Waals surface area contributed by atoms with E-state index in [4.69, 9.17) is 0 Å². The zero-order valence-corrected chi connectivity index (χ0v) is 16.5. The molecule has 2 aromatic rings. The lowest BCUT2D eigenvalue weighted by Gasteiger charge is -2.13. The molecule has 6 heteroatoms. The molecule has 0 aliphatic heterocycles. The second kappa shape index (κ2) is 10.4. The van der Waals surface area contributed by atoms with E-state index >= 15 is 0 Å². The molecule has 0 radical (unpaired) electrons. The van der Waals surface area contributed by atoms with Gasteiger partial charge in [0.2, 0.25) is 0 Å². The number of hydrogen-bond acceptors (Lipinski definition) is 3. The Bertz CT molecular complexity index is 845. The molecular weight excluding hydrogens is 357 g/mol. The Labute approximate surface area is 165 Å².